The standard InChI is InChI=1S/C23H28F2N2O4/c1-5-10-23(11-13-27(14-12-23)21(30)31-22(2,3)4)20(29)26-19(28)9-7-16-6-8-17(24)18(25)15-16/h5-9,15H,1,10-14H2,2-4H3,(H,26,28,29). The number of halogens is 2. The molecule has 1 aromatic rings. The minimum atomic E-state index is -1.03. The first-order valence-corrected chi connectivity index (χ1v) is 10.0. The fraction of sp³-hybridized carbons (Fsp3) is 0.435. The minimum Gasteiger partial charge on any atom is -0.444 e. The first kappa shape index (κ1) is 24.2. The molecule has 1 aromatic carbocycles. The lowest BCUT2D eigenvalue weighted by Gasteiger charge is -2.40. The van der Waals surface area contributed by atoms with Crippen LogP contribution in [0.5, 0.6) is 0 Å². The number of rotatable bonds is 5. The van der Waals surface area contributed by atoms with Crippen LogP contribution in [0.25, 0.3) is 6.08 Å². The lowest BCUT2D eigenvalue weighted by molar-refractivity contribution is -0.137. The molecule has 168 valence electrons. The van der Waals surface area contributed by atoms with E-state index >= 15 is 0 Å². The summed E-state index contributed by atoms with van der Waals surface area (Å²) in [7, 11) is 0. The number of imide groups is 1. The molecule has 3 amide bonds. The van der Waals surface area contributed by atoms with Crippen molar-refractivity contribution in [3.8, 4) is 0 Å². The van der Waals surface area contributed by atoms with Crippen molar-refractivity contribution in [2.45, 2.75) is 45.6 Å². The smallest absolute Gasteiger partial charge is 0.410 e. The number of allylic oxidation sites excluding steroid dienone is 1. The average molecular weight is 434 g/mol. The molecule has 1 aliphatic heterocycles. The summed E-state index contributed by atoms with van der Waals surface area (Å²) in [5.74, 6) is -3.15. The summed E-state index contributed by atoms with van der Waals surface area (Å²) < 4.78 is 31.6. The maximum atomic E-state index is 13.3. The summed E-state index contributed by atoms with van der Waals surface area (Å²) in [6.45, 7) is 9.68. The summed E-state index contributed by atoms with van der Waals surface area (Å²) in [6, 6.07) is 3.22. The van der Waals surface area contributed by atoms with Crippen molar-refractivity contribution in [2.24, 2.45) is 5.41 Å². The number of carbonyl (C=O) groups is 3. The Bertz CT molecular complexity index is 882. The largest absolute Gasteiger partial charge is 0.444 e. The number of hydrogen-bond donors (Lipinski definition) is 1. The van der Waals surface area contributed by atoms with Gasteiger partial charge in [-0.15, -0.1) is 6.58 Å². The van der Waals surface area contributed by atoms with E-state index in [-0.39, 0.29) is 5.56 Å². The number of carbonyl (C=O) groups excluding carboxylic acids is 3. The minimum absolute atomic E-state index is 0.285. The third-order valence-electron chi connectivity index (χ3n) is 5.00. The normalized spacial score (nSPS) is 16.1. The van der Waals surface area contributed by atoms with Crippen LogP contribution in [0.1, 0.15) is 45.6 Å². The number of benzene rings is 1. The van der Waals surface area contributed by atoms with Gasteiger partial charge in [0.2, 0.25) is 5.91 Å². The third-order valence-corrected chi connectivity index (χ3v) is 5.00. The van der Waals surface area contributed by atoms with Crippen LogP contribution in [-0.4, -0.2) is 41.5 Å². The molecule has 1 fully saturated rings. The average Bonchev–Trinajstić information content (AvgIpc) is 2.68. The van der Waals surface area contributed by atoms with Gasteiger partial charge in [-0.05, 0) is 63.8 Å². The first-order valence-electron chi connectivity index (χ1n) is 10.0. The molecule has 2 rings (SSSR count). The zero-order valence-corrected chi connectivity index (χ0v) is 18.0. The van der Waals surface area contributed by atoms with Crippen LogP contribution in [0.4, 0.5) is 13.6 Å². The molecule has 1 saturated heterocycles. The number of nitrogens with one attached hydrogen (secondary N) is 1. The monoisotopic (exact) mass is 434 g/mol. The van der Waals surface area contributed by atoms with Crippen molar-refractivity contribution in [1.82, 2.24) is 10.2 Å². The molecule has 0 aliphatic carbocycles. The maximum Gasteiger partial charge on any atom is 0.410 e. The zero-order chi connectivity index (χ0) is 23.2. The fourth-order valence-corrected chi connectivity index (χ4v) is 3.32. The summed E-state index contributed by atoms with van der Waals surface area (Å²) in [5, 5.41) is 2.34. The molecule has 0 spiro atoms. The second kappa shape index (κ2) is 9.85. The molecule has 0 unspecified atom stereocenters. The molecular formula is C23H28F2N2O4. The van der Waals surface area contributed by atoms with E-state index in [0.717, 1.165) is 18.2 Å². The SMILES string of the molecule is C=CCC1(C(=O)NC(=O)C=Cc2ccc(F)c(F)c2)CCN(C(=O)OC(C)(C)C)CC1. The highest BCUT2D eigenvalue weighted by Gasteiger charge is 2.42. The Balaban J connectivity index is 2.01. The van der Waals surface area contributed by atoms with Gasteiger partial charge in [-0.1, -0.05) is 12.1 Å². The predicted octanol–water partition coefficient (Wildman–Crippen LogP) is 4.21. The Hall–Kier alpha value is -3.03. The fourth-order valence-electron chi connectivity index (χ4n) is 3.32. The van der Waals surface area contributed by atoms with Gasteiger partial charge in [0.25, 0.3) is 5.91 Å². The van der Waals surface area contributed by atoms with Crippen molar-refractivity contribution in [3.05, 3.63) is 54.1 Å². The Morgan fingerprint density at radius 1 is 1.19 bits per heavy atom. The number of amides is 3. The predicted molar refractivity (Wildman–Crippen MR) is 113 cm³/mol. The van der Waals surface area contributed by atoms with Crippen LogP contribution >= 0.6 is 0 Å². The molecule has 0 saturated carbocycles. The Kier molecular flexibility index (Phi) is 7.70. The van der Waals surface area contributed by atoms with Gasteiger partial charge in [-0.2, -0.15) is 0 Å². The van der Waals surface area contributed by atoms with Gasteiger partial charge in [0, 0.05) is 19.2 Å². The van der Waals surface area contributed by atoms with Crippen molar-refractivity contribution in [1.29, 1.82) is 0 Å². The Morgan fingerprint density at radius 3 is 2.39 bits per heavy atom. The molecule has 1 aliphatic rings. The van der Waals surface area contributed by atoms with E-state index in [2.05, 4.69) is 11.9 Å². The van der Waals surface area contributed by atoms with Crippen molar-refractivity contribution in [3.63, 3.8) is 0 Å². The lowest BCUT2D eigenvalue weighted by Crippen LogP contribution is -2.51. The van der Waals surface area contributed by atoms with E-state index in [1.54, 1.807) is 31.7 Å². The topological polar surface area (TPSA) is 75.7 Å². The van der Waals surface area contributed by atoms with Crippen molar-refractivity contribution in [2.75, 3.05) is 13.1 Å². The summed E-state index contributed by atoms with van der Waals surface area (Å²) in [4.78, 5) is 38.9. The highest BCUT2D eigenvalue weighted by molar-refractivity contribution is 6.04. The van der Waals surface area contributed by atoms with Gasteiger partial charge in [-0.25, -0.2) is 13.6 Å². The Morgan fingerprint density at radius 2 is 1.84 bits per heavy atom. The van der Waals surface area contributed by atoms with Crippen LogP contribution in [0.15, 0.2) is 36.9 Å². The highest BCUT2D eigenvalue weighted by Crippen LogP contribution is 2.36. The Labute approximate surface area is 180 Å². The number of hydrogen-bond acceptors (Lipinski definition) is 4. The molecule has 8 heteroatoms. The van der Waals surface area contributed by atoms with Crippen LogP contribution in [-0.2, 0) is 14.3 Å². The molecule has 1 N–H and O–H groups in total. The molecule has 0 bridgehead atoms. The number of ether oxygens (including phenoxy) is 1. The number of nitrogens with zero attached hydrogens (tertiary/aromatic N) is 1. The van der Waals surface area contributed by atoms with Crippen LogP contribution in [0.3, 0.4) is 0 Å². The van der Waals surface area contributed by atoms with E-state index in [4.69, 9.17) is 4.74 Å². The zero-order valence-electron chi connectivity index (χ0n) is 18.0. The van der Waals surface area contributed by atoms with Gasteiger partial charge >= 0.3 is 6.09 Å². The van der Waals surface area contributed by atoms with Crippen LogP contribution < -0.4 is 5.32 Å². The van der Waals surface area contributed by atoms with E-state index in [1.807, 2.05) is 0 Å². The molecule has 0 radical (unpaired) electrons. The second-order valence-electron chi connectivity index (χ2n) is 8.57. The lowest BCUT2D eigenvalue weighted by atomic mass is 9.75. The highest BCUT2D eigenvalue weighted by atomic mass is 19.2. The molecular weight excluding hydrogens is 406 g/mol. The molecule has 0 aromatic heterocycles. The van der Waals surface area contributed by atoms with E-state index in [0.29, 0.717) is 32.4 Å². The van der Waals surface area contributed by atoms with Crippen LogP contribution in [0, 0.1) is 17.0 Å². The van der Waals surface area contributed by atoms with Gasteiger partial charge in [-0.3, -0.25) is 14.9 Å². The summed E-state index contributed by atoms with van der Waals surface area (Å²) >= 11 is 0. The quantitative estimate of drug-likeness (QED) is 0.556. The van der Waals surface area contributed by atoms with E-state index < -0.39 is 40.6 Å². The molecule has 6 nitrogen and oxygen atoms in total. The third kappa shape index (κ3) is 6.73. The molecule has 1 heterocycles. The number of piperidine rings is 1. The maximum absolute atomic E-state index is 13.3. The summed E-state index contributed by atoms with van der Waals surface area (Å²) in [6.07, 6.45) is 4.60. The summed E-state index contributed by atoms with van der Waals surface area (Å²) in [5.41, 5.74) is -1.20. The van der Waals surface area contributed by atoms with Crippen molar-refractivity contribution < 1.29 is 27.9 Å². The molecule has 0 atom stereocenters. The van der Waals surface area contributed by atoms with Crippen LogP contribution in [0.2, 0.25) is 0 Å². The van der Waals surface area contributed by atoms with Gasteiger partial charge in [0.05, 0.1) is 5.41 Å². The van der Waals surface area contributed by atoms with Gasteiger partial charge < -0.3 is 9.64 Å². The second-order valence-corrected chi connectivity index (χ2v) is 8.57. The molecule has 31 heavy (non-hydrogen) atoms. The van der Waals surface area contributed by atoms with Crippen molar-refractivity contribution >= 4 is 24.0 Å². The number of likely N-dealkylation sites (tertiary alicyclic amines) is 1. The van der Waals surface area contributed by atoms with Gasteiger partial charge in [0.15, 0.2) is 11.6 Å². The van der Waals surface area contributed by atoms with E-state index in [1.165, 1.54) is 12.1 Å². The van der Waals surface area contributed by atoms with Gasteiger partial charge in [0.1, 0.15) is 5.60 Å². The van der Waals surface area contributed by atoms with E-state index in [9.17, 15) is 23.2 Å². The first-order chi connectivity index (χ1) is 14.5.